The lowest BCUT2D eigenvalue weighted by Crippen LogP contribution is -2.42. The molecule has 0 aromatic heterocycles. The molecule has 0 radical (unpaired) electrons. The number of amides is 1. The van der Waals surface area contributed by atoms with E-state index in [1.165, 1.54) is 4.31 Å². The van der Waals surface area contributed by atoms with Gasteiger partial charge >= 0.3 is 0 Å². The molecule has 1 N–H and O–H groups in total. The van der Waals surface area contributed by atoms with Gasteiger partial charge in [0, 0.05) is 24.6 Å². The topological polar surface area (TPSA) is 88.1 Å². The molecule has 4 rings (SSSR count). The maximum absolute atomic E-state index is 12.8. The van der Waals surface area contributed by atoms with Crippen LogP contribution in [0.5, 0.6) is 5.75 Å². The molecule has 7 nitrogen and oxygen atoms in total. The van der Waals surface area contributed by atoms with Crippen LogP contribution in [0, 0.1) is 5.92 Å². The number of para-hydroxylation sites is 1. The summed E-state index contributed by atoms with van der Waals surface area (Å²) in [5.74, 6) is 0.170. The molecular weight excluding hydrogens is 450 g/mol. The van der Waals surface area contributed by atoms with Crippen molar-refractivity contribution in [1.29, 1.82) is 0 Å². The van der Waals surface area contributed by atoms with E-state index in [1.54, 1.807) is 36.5 Å². The molecule has 1 saturated heterocycles. The minimum Gasteiger partial charge on any atom is -0.488 e. The Labute approximate surface area is 200 Å². The van der Waals surface area contributed by atoms with Crippen LogP contribution in [-0.2, 0) is 21.4 Å². The van der Waals surface area contributed by atoms with Gasteiger partial charge in [-0.2, -0.15) is 9.41 Å². The molecular formula is C26H27N3O4S. The van der Waals surface area contributed by atoms with Crippen molar-refractivity contribution in [3.8, 4) is 5.75 Å². The second kappa shape index (κ2) is 11.1. The van der Waals surface area contributed by atoms with Crippen molar-refractivity contribution in [1.82, 2.24) is 9.73 Å². The predicted octanol–water partition coefficient (Wildman–Crippen LogP) is 3.82. The van der Waals surface area contributed by atoms with Gasteiger partial charge in [-0.3, -0.25) is 4.79 Å². The van der Waals surface area contributed by atoms with Crippen molar-refractivity contribution >= 4 is 22.1 Å². The SMILES string of the molecule is O=C(N/N=C\c1ccccc1OCc1ccccc1)C1CCN(S(=O)(=O)c2ccccc2)CC1. The Kier molecular flexibility index (Phi) is 7.72. The summed E-state index contributed by atoms with van der Waals surface area (Å²) in [5, 5.41) is 4.11. The third kappa shape index (κ3) is 5.89. The normalized spacial score (nSPS) is 15.3. The molecule has 1 fully saturated rings. The second-order valence-electron chi connectivity index (χ2n) is 8.04. The largest absolute Gasteiger partial charge is 0.488 e. The third-order valence-corrected chi connectivity index (χ3v) is 7.65. The van der Waals surface area contributed by atoms with Gasteiger partial charge in [0.2, 0.25) is 15.9 Å². The summed E-state index contributed by atoms with van der Waals surface area (Å²) >= 11 is 0. The maximum atomic E-state index is 12.8. The van der Waals surface area contributed by atoms with Crippen molar-refractivity contribution in [3.05, 3.63) is 96.1 Å². The molecule has 1 aliphatic rings. The highest BCUT2D eigenvalue weighted by Gasteiger charge is 2.31. The number of hydrazone groups is 1. The molecule has 8 heteroatoms. The summed E-state index contributed by atoms with van der Waals surface area (Å²) in [4.78, 5) is 12.9. The number of hydrogen-bond donors (Lipinski definition) is 1. The molecule has 0 aliphatic carbocycles. The highest BCUT2D eigenvalue weighted by atomic mass is 32.2. The summed E-state index contributed by atoms with van der Waals surface area (Å²) in [6.45, 7) is 1.03. The van der Waals surface area contributed by atoms with Gasteiger partial charge in [0.15, 0.2) is 0 Å². The van der Waals surface area contributed by atoms with E-state index in [0.29, 0.717) is 38.3 Å². The van der Waals surface area contributed by atoms with Gasteiger partial charge in [-0.05, 0) is 42.7 Å². The summed E-state index contributed by atoms with van der Waals surface area (Å²) in [6, 6.07) is 25.7. The summed E-state index contributed by atoms with van der Waals surface area (Å²) < 4.78 is 32.9. The van der Waals surface area contributed by atoms with Crippen LogP contribution in [0.4, 0.5) is 0 Å². The number of hydrogen-bond acceptors (Lipinski definition) is 5. The number of benzene rings is 3. The molecule has 3 aromatic rings. The van der Waals surface area contributed by atoms with Gasteiger partial charge in [-0.25, -0.2) is 13.8 Å². The number of piperidine rings is 1. The Morgan fingerprint density at radius 1 is 0.941 bits per heavy atom. The number of nitrogens with zero attached hydrogens (tertiary/aromatic N) is 2. The smallest absolute Gasteiger partial charge is 0.243 e. The average Bonchev–Trinajstić information content (AvgIpc) is 2.89. The first-order valence-electron chi connectivity index (χ1n) is 11.2. The van der Waals surface area contributed by atoms with Crippen LogP contribution >= 0.6 is 0 Å². The Balaban J connectivity index is 1.30. The van der Waals surface area contributed by atoms with Crippen molar-refractivity contribution in [2.24, 2.45) is 11.0 Å². The van der Waals surface area contributed by atoms with Gasteiger partial charge < -0.3 is 4.74 Å². The third-order valence-electron chi connectivity index (χ3n) is 5.74. The zero-order valence-corrected chi connectivity index (χ0v) is 19.5. The van der Waals surface area contributed by atoms with Crippen LogP contribution in [0.15, 0.2) is 94.9 Å². The maximum Gasteiger partial charge on any atom is 0.243 e. The Bertz CT molecular complexity index is 1220. The lowest BCUT2D eigenvalue weighted by Gasteiger charge is -2.30. The van der Waals surface area contributed by atoms with Gasteiger partial charge in [0.05, 0.1) is 11.1 Å². The number of carbonyl (C=O) groups excluding carboxylic acids is 1. The Hall–Kier alpha value is -3.49. The van der Waals surface area contributed by atoms with Crippen molar-refractivity contribution in [2.45, 2.75) is 24.3 Å². The second-order valence-corrected chi connectivity index (χ2v) is 9.98. The van der Waals surface area contributed by atoms with Crippen molar-refractivity contribution < 1.29 is 17.9 Å². The first-order chi connectivity index (χ1) is 16.5. The molecule has 1 heterocycles. The highest BCUT2D eigenvalue weighted by Crippen LogP contribution is 2.24. The van der Waals surface area contributed by atoms with E-state index in [9.17, 15) is 13.2 Å². The predicted molar refractivity (Wildman–Crippen MR) is 131 cm³/mol. The molecule has 0 saturated carbocycles. The van der Waals surface area contributed by atoms with E-state index in [-0.39, 0.29) is 16.7 Å². The van der Waals surface area contributed by atoms with E-state index in [1.807, 2.05) is 54.6 Å². The fourth-order valence-electron chi connectivity index (χ4n) is 3.81. The fourth-order valence-corrected chi connectivity index (χ4v) is 5.30. The number of rotatable bonds is 8. The first-order valence-corrected chi connectivity index (χ1v) is 12.6. The van der Waals surface area contributed by atoms with Crippen LogP contribution < -0.4 is 10.2 Å². The number of carbonyl (C=O) groups is 1. The molecule has 1 aliphatic heterocycles. The van der Waals surface area contributed by atoms with E-state index >= 15 is 0 Å². The van der Waals surface area contributed by atoms with E-state index in [0.717, 1.165) is 11.1 Å². The lowest BCUT2D eigenvalue weighted by molar-refractivity contribution is -0.126. The standard InChI is InChI=1S/C26H27N3O4S/c30-26(22-15-17-29(18-16-22)34(31,32)24-12-5-2-6-13-24)28-27-19-23-11-7-8-14-25(23)33-20-21-9-3-1-4-10-21/h1-14,19,22H,15-18,20H2,(H,28,30)/b27-19-. The molecule has 0 atom stereocenters. The van der Waals surface area contributed by atoms with Crippen LogP contribution in [-0.4, -0.2) is 37.9 Å². The quantitative estimate of drug-likeness (QED) is 0.395. The molecule has 34 heavy (non-hydrogen) atoms. The molecule has 0 unspecified atom stereocenters. The average molecular weight is 478 g/mol. The van der Waals surface area contributed by atoms with Crippen molar-refractivity contribution in [2.75, 3.05) is 13.1 Å². The first kappa shape index (κ1) is 23.7. The van der Waals surface area contributed by atoms with E-state index in [4.69, 9.17) is 4.74 Å². The number of ether oxygens (including phenoxy) is 1. The van der Waals surface area contributed by atoms with Crippen LogP contribution in [0.3, 0.4) is 0 Å². The molecule has 0 spiro atoms. The van der Waals surface area contributed by atoms with Crippen LogP contribution in [0.1, 0.15) is 24.0 Å². The monoisotopic (exact) mass is 477 g/mol. The number of nitrogens with one attached hydrogen (secondary N) is 1. The summed E-state index contributed by atoms with van der Waals surface area (Å²) in [7, 11) is -3.54. The Morgan fingerprint density at radius 2 is 1.56 bits per heavy atom. The number of sulfonamides is 1. The molecule has 0 bridgehead atoms. The van der Waals surface area contributed by atoms with Gasteiger partial charge in [-0.1, -0.05) is 60.7 Å². The fraction of sp³-hybridized carbons (Fsp3) is 0.231. The van der Waals surface area contributed by atoms with Gasteiger partial charge in [-0.15, -0.1) is 0 Å². The summed E-state index contributed by atoms with van der Waals surface area (Å²) in [6.07, 6.45) is 2.46. The minimum atomic E-state index is -3.54. The molecule has 1 amide bonds. The van der Waals surface area contributed by atoms with Crippen molar-refractivity contribution in [3.63, 3.8) is 0 Å². The zero-order chi connectivity index (χ0) is 23.8. The highest BCUT2D eigenvalue weighted by molar-refractivity contribution is 7.89. The van der Waals surface area contributed by atoms with Crippen LogP contribution in [0.25, 0.3) is 0 Å². The Morgan fingerprint density at radius 3 is 2.26 bits per heavy atom. The van der Waals surface area contributed by atoms with E-state index in [2.05, 4.69) is 10.5 Å². The van der Waals surface area contributed by atoms with Gasteiger partial charge in [0.25, 0.3) is 0 Å². The molecule has 3 aromatic carbocycles. The van der Waals surface area contributed by atoms with E-state index < -0.39 is 10.0 Å². The minimum absolute atomic E-state index is 0.212. The van der Waals surface area contributed by atoms with Crippen LogP contribution in [0.2, 0.25) is 0 Å². The molecule has 176 valence electrons. The summed E-state index contributed by atoms with van der Waals surface area (Å²) in [5.41, 5.74) is 4.40. The lowest BCUT2D eigenvalue weighted by atomic mass is 9.98. The zero-order valence-electron chi connectivity index (χ0n) is 18.7. The van der Waals surface area contributed by atoms with Gasteiger partial charge in [0.1, 0.15) is 12.4 Å².